The van der Waals surface area contributed by atoms with Crippen molar-refractivity contribution in [3.8, 4) is 11.8 Å². The molecule has 2 aromatic carbocycles. The molecule has 0 aliphatic rings. The molecule has 0 fully saturated rings. The number of hydrogen-bond acceptors (Lipinski definition) is 6. The number of carbonyl (C=O) groups excluding carboxylic acids is 1. The second-order valence-corrected chi connectivity index (χ2v) is 5.34. The van der Waals surface area contributed by atoms with Gasteiger partial charge in [-0.1, -0.05) is 12.1 Å². The number of carbonyl (C=O) groups is 1. The van der Waals surface area contributed by atoms with E-state index in [-0.39, 0.29) is 17.3 Å². The number of amides is 1. The number of ether oxygens (including phenoxy) is 1. The summed E-state index contributed by atoms with van der Waals surface area (Å²) in [5, 5.41) is 13.7. The monoisotopic (exact) mass is 350 g/mol. The minimum atomic E-state index is -0.585. The van der Waals surface area contributed by atoms with Crippen LogP contribution in [0.3, 0.4) is 0 Å². The maximum absolute atomic E-state index is 12.4. The Hall–Kier alpha value is -3.81. The third-order valence-corrected chi connectivity index (χ3v) is 3.54. The van der Waals surface area contributed by atoms with Gasteiger partial charge in [0.15, 0.2) is 0 Å². The molecule has 0 saturated carbocycles. The predicted molar refractivity (Wildman–Crippen MR) is 94.3 cm³/mol. The van der Waals surface area contributed by atoms with Crippen molar-refractivity contribution in [2.75, 3.05) is 5.32 Å². The zero-order valence-corrected chi connectivity index (χ0v) is 13.7. The van der Waals surface area contributed by atoms with Gasteiger partial charge in [0.05, 0.1) is 4.92 Å². The fourth-order valence-electron chi connectivity index (χ4n) is 2.30. The highest BCUT2D eigenvalue weighted by atomic mass is 16.6. The number of anilines is 1. The molecular formula is C18H14N4O4. The Morgan fingerprint density at radius 2 is 1.85 bits per heavy atom. The molecule has 1 heterocycles. The summed E-state index contributed by atoms with van der Waals surface area (Å²) in [6, 6.07) is 12.7. The van der Waals surface area contributed by atoms with Gasteiger partial charge in [0.1, 0.15) is 11.3 Å². The number of rotatable bonds is 5. The lowest BCUT2D eigenvalue weighted by Gasteiger charge is -2.10. The maximum Gasteiger partial charge on any atom is 0.321 e. The Morgan fingerprint density at radius 3 is 2.54 bits per heavy atom. The van der Waals surface area contributed by atoms with E-state index in [1.165, 1.54) is 18.2 Å². The van der Waals surface area contributed by atoms with E-state index in [0.29, 0.717) is 11.4 Å². The van der Waals surface area contributed by atoms with Crippen LogP contribution in [0.15, 0.2) is 60.9 Å². The Bertz CT molecular complexity index is 960. The second kappa shape index (κ2) is 7.39. The Balaban J connectivity index is 1.78. The molecule has 3 aromatic rings. The van der Waals surface area contributed by atoms with E-state index in [2.05, 4.69) is 15.3 Å². The van der Waals surface area contributed by atoms with Gasteiger partial charge >= 0.3 is 6.01 Å². The Labute approximate surface area is 148 Å². The summed E-state index contributed by atoms with van der Waals surface area (Å²) in [6.07, 6.45) is 3.13. The highest BCUT2D eigenvalue weighted by molar-refractivity contribution is 6.07. The van der Waals surface area contributed by atoms with E-state index in [0.717, 1.165) is 5.56 Å². The number of para-hydroxylation sites is 1. The van der Waals surface area contributed by atoms with E-state index in [1.807, 2.05) is 0 Å². The van der Waals surface area contributed by atoms with Crippen LogP contribution in [0.1, 0.15) is 15.9 Å². The van der Waals surface area contributed by atoms with Crippen molar-refractivity contribution in [1.82, 2.24) is 9.97 Å². The van der Waals surface area contributed by atoms with Crippen molar-refractivity contribution >= 4 is 17.3 Å². The molecule has 0 spiro atoms. The zero-order chi connectivity index (χ0) is 18.5. The molecule has 1 amide bonds. The Morgan fingerprint density at radius 1 is 1.12 bits per heavy atom. The first-order chi connectivity index (χ1) is 12.5. The molecule has 0 atom stereocenters. The first kappa shape index (κ1) is 17.0. The van der Waals surface area contributed by atoms with Gasteiger partial charge in [-0.3, -0.25) is 14.9 Å². The summed E-state index contributed by atoms with van der Waals surface area (Å²) in [6.45, 7) is 1.79. The van der Waals surface area contributed by atoms with Crippen LogP contribution in [0.25, 0.3) is 0 Å². The van der Waals surface area contributed by atoms with Gasteiger partial charge in [0, 0.05) is 24.1 Å². The molecule has 1 aromatic heterocycles. The zero-order valence-electron chi connectivity index (χ0n) is 13.7. The van der Waals surface area contributed by atoms with E-state index >= 15 is 0 Å². The largest absolute Gasteiger partial charge is 0.424 e. The van der Waals surface area contributed by atoms with Crippen LogP contribution >= 0.6 is 0 Å². The molecule has 0 aliphatic carbocycles. The lowest BCUT2D eigenvalue weighted by molar-refractivity contribution is -0.385. The number of nitrogens with one attached hydrogen (secondary N) is 1. The maximum atomic E-state index is 12.4. The number of nitrogens with zero attached hydrogens (tertiary/aromatic N) is 3. The van der Waals surface area contributed by atoms with Gasteiger partial charge in [-0.25, -0.2) is 9.97 Å². The number of nitro benzene ring substituents is 1. The predicted octanol–water partition coefficient (Wildman–Crippen LogP) is 3.74. The Kier molecular flexibility index (Phi) is 4.84. The van der Waals surface area contributed by atoms with Crippen LogP contribution in [0.5, 0.6) is 11.8 Å². The van der Waals surface area contributed by atoms with Gasteiger partial charge in [-0.05, 0) is 42.8 Å². The normalized spacial score (nSPS) is 10.2. The van der Waals surface area contributed by atoms with Crippen LogP contribution < -0.4 is 10.1 Å². The van der Waals surface area contributed by atoms with Gasteiger partial charge in [-0.15, -0.1) is 0 Å². The lowest BCUT2D eigenvalue weighted by atomic mass is 10.1. The van der Waals surface area contributed by atoms with Crippen LogP contribution in [0.4, 0.5) is 11.4 Å². The van der Waals surface area contributed by atoms with Crippen LogP contribution in [-0.2, 0) is 0 Å². The summed E-state index contributed by atoms with van der Waals surface area (Å²) >= 11 is 0. The van der Waals surface area contributed by atoms with Crippen molar-refractivity contribution in [1.29, 1.82) is 0 Å². The van der Waals surface area contributed by atoms with Crippen LogP contribution in [0, 0.1) is 17.0 Å². The van der Waals surface area contributed by atoms with Crippen LogP contribution in [0.2, 0.25) is 0 Å². The summed E-state index contributed by atoms with van der Waals surface area (Å²) < 4.78 is 5.53. The van der Waals surface area contributed by atoms with Crippen molar-refractivity contribution in [2.45, 2.75) is 6.92 Å². The molecule has 8 heteroatoms. The highest BCUT2D eigenvalue weighted by Gasteiger charge is 2.19. The summed E-state index contributed by atoms with van der Waals surface area (Å²) in [7, 11) is 0. The topological polar surface area (TPSA) is 107 Å². The average Bonchev–Trinajstić information content (AvgIpc) is 2.64. The minimum absolute atomic E-state index is 0.00471. The standard InChI is InChI=1S/C18H14N4O4/c1-12-11-13(26-18-19-9-4-10-20-18)7-8-15(12)21-17(23)14-5-2-3-6-16(14)22(24)25/h2-11H,1H3,(H,21,23). The summed E-state index contributed by atoms with van der Waals surface area (Å²) in [5.41, 5.74) is 0.999. The van der Waals surface area contributed by atoms with Crippen molar-refractivity contribution < 1.29 is 14.5 Å². The van der Waals surface area contributed by atoms with Gasteiger partial charge in [-0.2, -0.15) is 0 Å². The number of aryl methyl sites for hydroxylation is 1. The minimum Gasteiger partial charge on any atom is -0.424 e. The van der Waals surface area contributed by atoms with E-state index in [4.69, 9.17) is 4.74 Å². The first-order valence-corrected chi connectivity index (χ1v) is 7.65. The molecule has 0 aliphatic heterocycles. The molecule has 130 valence electrons. The molecular weight excluding hydrogens is 336 g/mol. The summed E-state index contributed by atoms with van der Waals surface area (Å²) in [4.78, 5) is 30.8. The van der Waals surface area contributed by atoms with Gasteiger partial charge in [0.25, 0.3) is 11.6 Å². The third kappa shape index (κ3) is 3.81. The highest BCUT2D eigenvalue weighted by Crippen LogP contribution is 2.25. The molecule has 0 unspecified atom stereocenters. The third-order valence-electron chi connectivity index (χ3n) is 3.54. The SMILES string of the molecule is Cc1cc(Oc2ncccn2)ccc1NC(=O)c1ccccc1[N+](=O)[O-]. The van der Waals surface area contributed by atoms with Crippen molar-refractivity contribution in [2.24, 2.45) is 0 Å². The fourth-order valence-corrected chi connectivity index (χ4v) is 2.30. The quantitative estimate of drug-likeness (QED) is 0.555. The van der Waals surface area contributed by atoms with Crippen molar-refractivity contribution in [3.05, 3.63) is 82.2 Å². The number of benzene rings is 2. The molecule has 26 heavy (non-hydrogen) atoms. The number of hydrogen-bond donors (Lipinski definition) is 1. The lowest BCUT2D eigenvalue weighted by Crippen LogP contribution is -2.14. The molecule has 0 saturated heterocycles. The first-order valence-electron chi connectivity index (χ1n) is 7.65. The molecule has 0 bridgehead atoms. The van der Waals surface area contributed by atoms with Crippen LogP contribution in [-0.4, -0.2) is 20.8 Å². The molecule has 0 radical (unpaired) electrons. The number of nitro groups is 1. The van der Waals surface area contributed by atoms with E-state index < -0.39 is 10.8 Å². The second-order valence-electron chi connectivity index (χ2n) is 5.34. The van der Waals surface area contributed by atoms with Crippen molar-refractivity contribution in [3.63, 3.8) is 0 Å². The fraction of sp³-hybridized carbons (Fsp3) is 0.0556. The van der Waals surface area contributed by atoms with E-state index in [9.17, 15) is 14.9 Å². The molecule has 3 rings (SSSR count). The summed E-state index contributed by atoms with van der Waals surface area (Å²) in [5.74, 6) is -0.0437. The number of aromatic nitrogens is 2. The molecule has 1 N–H and O–H groups in total. The van der Waals surface area contributed by atoms with E-state index in [1.54, 1.807) is 49.6 Å². The smallest absolute Gasteiger partial charge is 0.321 e. The average molecular weight is 350 g/mol. The molecule has 8 nitrogen and oxygen atoms in total. The van der Waals surface area contributed by atoms with Gasteiger partial charge < -0.3 is 10.1 Å². The van der Waals surface area contributed by atoms with Gasteiger partial charge in [0.2, 0.25) is 0 Å².